The molecule has 0 saturated heterocycles. The van der Waals surface area contributed by atoms with Crippen LogP contribution in [0.15, 0.2) is 0 Å². The SMILES string of the molecule is CCC(COP(=O)([O-])OCC[N+](C)(C)C)OC(=O)CCCCCCCCCCCCC(=O)O. The topological polar surface area (TPSA) is 122 Å². The Hall–Kier alpha value is -0.990. The van der Waals surface area contributed by atoms with Crippen LogP contribution in [-0.4, -0.2) is 68.5 Å². The van der Waals surface area contributed by atoms with Crippen LogP contribution in [-0.2, 0) is 27.9 Å². The number of nitrogens with zero attached hydrogens (tertiary/aromatic N) is 1. The Bertz CT molecular complexity index is 579. The van der Waals surface area contributed by atoms with Gasteiger partial charge in [0.25, 0.3) is 7.82 Å². The number of carboxylic acids is 1. The monoisotopic (exact) mass is 495 g/mol. The van der Waals surface area contributed by atoms with Gasteiger partial charge in [0, 0.05) is 12.8 Å². The van der Waals surface area contributed by atoms with E-state index >= 15 is 0 Å². The second-order valence-electron chi connectivity index (χ2n) is 9.54. The van der Waals surface area contributed by atoms with E-state index in [1.165, 1.54) is 0 Å². The molecule has 10 heteroatoms. The number of hydrogen-bond donors (Lipinski definition) is 1. The minimum Gasteiger partial charge on any atom is -0.756 e. The molecule has 0 aliphatic carbocycles. The molecule has 0 aromatic rings. The number of phosphoric acid groups is 1. The number of carbonyl (C=O) groups is 2. The zero-order chi connectivity index (χ0) is 25.2. The number of unbranched alkanes of at least 4 members (excludes halogenated alkanes) is 9. The number of quaternary nitrogens is 1. The molecule has 1 N–H and O–H groups in total. The molecule has 0 radical (unpaired) electrons. The molecule has 9 nitrogen and oxygen atoms in total. The summed E-state index contributed by atoms with van der Waals surface area (Å²) in [5, 5.41) is 8.59. The van der Waals surface area contributed by atoms with E-state index in [1.54, 1.807) is 6.92 Å². The number of esters is 1. The first-order valence-electron chi connectivity index (χ1n) is 12.3. The van der Waals surface area contributed by atoms with E-state index < -0.39 is 19.9 Å². The highest BCUT2D eigenvalue weighted by Gasteiger charge is 2.18. The molecule has 196 valence electrons. The molecule has 0 saturated carbocycles. The molecule has 0 amide bonds. The molecule has 0 heterocycles. The van der Waals surface area contributed by atoms with Crippen LogP contribution < -0.4 is 4.89 Å². The van der Waals surface area contributed by atoms with E-state index in [9.17, 15) is 19.0 Å². The maximum absolute atomic E-state index is 12.0. The quantitative estimate of drug-likeness (QED) is 0.102. The Labute approximate surface area is 200 Å². The van der Waals surface area contributed by atoms with Gasteiger partial charge in [0.1, 0.15) is 19.3 Å². The van der Waals surface area contributed by atoms with Gasteiger partial charge in [0.2, 0.25) is 0 Å². The van der Waals surface area contributed by atoms with E-state index in [0.29, 0.717) is 23.9 Å². The maximum Gasteiger partial charge on any atom is 0.306 e. The third kappa shape index (κ3) is 22.6. The molecule has 0 aromatic carbocycles. The summed E-state index contributed by atoms with van der Waals surface area (Å²) in [5.74, 6) is -1.06. The highest BCUT2D eigenvalue weighted by atomic mass is 31.2. The third-order valence-corrected chi connectivity index (χ3v) is 6.17. The van der Waals surface area contributed by atoms with Gasteiger partial charge >= 0.3 is 11.9 Å². The summed E-state index contributed by atoms with van der Waals surface area (Å²) >= 11 is 0. The molecular weight excluding hydrogens is 449 g/mol. The maximum atomic E-state index is 12.0. The van der Waals surface area contributed by atoms with Crippen molar-refractivity contribution >= 4 is 19.8 Å². The minimum atomic E-state index is -4.42. The van der Waals surface area contributed by atoms with Gasteiger partial charge in [-0.05, 0) is 19.3 Å². The summed E-state index contributed by atoms with van der Waals surface area (Å²) in [6.07, 6.45) is 10.6. The Morgan fingerprint density at radius 2 is 1.36 bits per heavy atom. The van der Waals surface area contributed by atoms with E-state index in [1.807, 2.05) is 21.1 Å². The van der Waals surface area contributed by atoms with Crippen molar-refractivity contribution in [2.24, 2.45) is 0 Å². The van der Waals surface area contributed by atoms with Crippen LogP contribution in [0.4, 0.5) is 0 Å². The Morgan fingerprint density at radius 1 is 0.879 bits per heavy atom. The molecule has 0 rings (SSSR count). The van der Waals surface area contributed by atoms with E-state index in [0.717, 1.165) is 64.2 Å². The number of phosphoric ester groups is 1. The zero-order valence-corrected chi connectivity index (χ0v) is 22.0. The third-order valence-electron chi connectivity index (χ3n) is 5.21. The lowest BCUT2D eigenvalue weighted by Gasteiger charge is -2.28. The van der Waals surface area contributed by atoms with E-state index in [4.69, 9.17) is 18.9 Å². The van der Waals surface area contributed by atoms with Crippen molar-refractivity contribution in [1.29, 1.82) is 0 Å². The van der Waals surface area contributed by atoms with Crippen molar-refractivity contribution in [2.75, 3.05) is 40.9 Å². The minimum absolute atomic E-state index is 0.0354. The largest absolute Gasteiger partial charge is 0.756 e. The number of carbonyl (C=O) groups excluding carboxylic acids is 1. The zero-order valence-electron chi connectivity index (χ0n) is 21.1. The van der Waals surface area contributed by atoms with Crippen LogP contribution in [0.1, 0.15) is 90.4 Å². The van der Waals surface area contributed by atoms with Gasteiger partial charge in [-0.15, -0.1) is 0 Å². The summed E-state index contributed by atoms with van der Waals surface area (Å²) in [6.45, 7) is 2.13. The normalized spacial score (nSPS) is 14.6. The fourth-order valence-electron chi connectivity index (χ4n) is 3.08. The van der Waals surface area contributed by atoms with E-state index in [-0.39, 0.29) is 25.6 Å². The average molecular weight is 496 g/mol. The van der Waals surface area contributed by atoms with Crippen molar-refractivity contribution in [3.63, 3.8) is 0 Å². The first-order chi connectivity index (χ1) is 15.4. The number of likely N-dealkylation sites (N-methyl/N-ethyl adjacent to an activating group) is 1. The van der Waals surface area contributed by atoms with Gasteiger partial charge in [-0.3, -0.25) is 14.2 Å². The second kappa shape index (κ2) is 18.4. The fourth-order valence-corrected chi connectivity index (χ4v) is 3.81. The fraction of sp³-hybridized carbons (Fsp3) is 0.913. The van der Waals surface area contributed by atoms with Crippen LogP contribution >= 0.6 is 7.82 Å². The standard InChI is InChI=1S/C23H46NO8P/c1-5-21(20-31-33(28,29)30-19-18-24(2,3)4)32-23(27)17-15-13-11-9-7-6-8-10-12-14-16-22(25)26/h21H,5-20H2,1-4H3,(H-,25,26,28,29). The predicted molar refractivity (Wildman–Crippen MR) is 126 cm³/mol. The lowest BCUT2D eigenvalue weighted by Crippen LogP contribution is -2.37. The van der Waals surface area contributed by atoms with Crippen molar-refractivity contribution < 1.29 is 42.4 Å². The first kappa shape index (κ1) is 32.0. The van der Waals surface area contributed by atoms with Crippen molar-refractivity contribution in [3.05, 3.63) is 0 Å². The number of carboxylic acid groups (broad SMARTS) is 1. The number of hydrogen-bond acceptors (Lipinski definition) is 7. The molecule has 2 atom stereocenters. The molecule has 0 aliphatic heterocycles. The predicted octanol–water partition coefficient (Wildman–Crippen LogP) is 4.28. The lowest BCUT2D eigenvalue weighted by molar-refractivity contribution is -0.870. The van der Waals surface area contributed by atoms with Gasteiger partial charge in [0.05, 0.1) is 27.7 Å². The van der Waals surface area contributed by atoms with Crippen LogP contribution in [0.5, 0.6) is 0 Å². The highest BCUT2D eigenvalue weighted by Crippen LogP contribution is 2.38. The summed E-state index contributed by atoms with van der Waals surface area (Å²) < 4.78 is 27.5. The molecule has 0 aliphatic rings. The lowest BCUT2D eigenvalue weighted by atomic mass is 10.1. The Morgan fingerprint density at radius 3 is 1.82 bits per heavy atom. The highest BCUT2D eigenvalue weighted by molar-refractivity contribution is 7.45. The molecule has 0 fully saturated rings. The summed E-state index contributed by atoms with van der Waals surface area (Å²) in [4.78, 5) is 34.3. The smallest absolute Gasteiger partial charge is 0.306 e. The van der Waals surface area contributed by atoms with Crippen LogP contribution in [0.2, 0.25) is 0 Å². The molecule has 0 aromatic heterocycles. The number of ether oxygens (including phenoxy) is 1. The van der Waals surface area contributed by atoms with Gasteiger partial charge in [0.15, 0.2) is 0 Å². The van der Waals surface area contributed by atoms with Crippen LogP contribution in [0.3, 0.4) is 0 Å². The van der Waals surface area contributed by atoms with Crippen molar-refractivity contribution in [3.8, 4) is 0 Å². The molecular formula is C23H46NO8P. The van der Waals surface area contributed by atoms with Gasteiger partial charge in [-0.1, -0.05) is 58.3 Å². The number of rotatable bonds is 22. The van der Waals surface area contributed by atoms with Crippen molar-refractivity contribution in [2.45, 2.75) is 96.5 Å². The summed E-state index contributed by atoms with van der Waals surface area (Å²) in [6, 6.07) is 0. The van der Waals surface area contributed by atoms with Gasteiger partial charge in [-0.25, -0.2) is 0 Å². The Kier molecular flexibility index (Phi) is 17.8. The van der Waals surface area contributed by atoms with Gasteiger partial charge in [-0.2, -0.15) is 0 Å². The second-order valence-corrected chi connectivity index (χ2v) is 11.0. The van der Waals surface area contributed by atoms with Gasteiger partial charge < -0.3 is 28.3 Å². The molecule has 33 heavy (non-hydrogen) atoms. The van der Waals surface area contributed by atoms with Crippen molar-refractivity contribution in [1.82, 2.24) is 0 Å². The first-order valence-corrected chi connectivity index (χ1v) is 13.7. The molecule has 0 bridgehead atoms. The van der Waals surface area contributed by atoms with Crippen LogP contribution in [0, 0.1) is 0 Å². The average Bonchev–Trinajstić information content (AvgIpc) is 2.70. The molecule has 0 spiro atoms. The number of aliphatic carboxylic acids is 1. The summed E-state index contributed by atoms with van der Waals surface area (Å²) in [5.41, 5.74) is 0. The van der Waals surface area contributed by atoms with Crippen LogP contribution in [0.25, 0.3) is 0 Å². The van der Waals surface area contributed by atoms with E-state index in [2.05, 4.69) is 0 Å². The molecule has 2 unspecified atom stereocenters. The Balaban J connectivity index is 3.77. The summed E-state index contributed by atoms with van der Waals surface area (Å²) in [7, 11) is 1.38.